The van der Waals surface area contributed by atoms with Gasteiger partial charge in [0, 0.05) is 79.0 Å². The van der Waals surface area contributed by atoms with Gasteiger partial charge in [-0.05, 0) is 226 Å². The van der Waals surface area contributed by atoms with E-state index in [9.17, 15) is 8.22 Å². The number of anilines is 17. The molecule has 0 saturated carbocycles. The first-order valence-electron chi connectivity index (χ1n) is 45.8. The van der Waals surface area contributed by atoms with Gasteiger partial charge in [-0.2, -0.15) is 0 Å². The molecule has 0 fully saturated rings. The molecule has 14 aromatic carbocycles. The first-order valence-corrected chi connectivity index (χ1v) is 39.0. The van der Waals surface area contributed by atoms with Gasteiger partial charge >= 0.3 is 0 Å². The summed E-state index contributed by atoms with van der Waals surface area (Å²) in [6, 6.07) is 80.0. The van der Waals surface area contributed by atoms with E-state index in [1.54, 1.807) is 24.5 Å². The zero-order chi connectivity index (χ0) is 94.5. The molecule has 0 atom stereocenters. The van der Waals surface area contributed by atoms with E-state index < -0.39 is 16.2 Å². The minimum Gasteiger partial charge on any atom is -0.462 e. The molecule has 2 heterocycles. The molecule has 8 nitrogen and oxygen atoms in total. The Balaban J connectivity index is 0.000000176. The lowest BCUT2D eigenvalue weighted by Crippen LogP contribution is -2.19. The van der Waals surface area contributed by atoms with E-state index >= 15 is 0 Å². The molecular weight excluding hydrogens is 1470 g/mol. The maximum Gasteiger partial charge on any atom is 0.136 e. The molecule has 1 N–H and O–H groups in total. The molecule has 0 radical (unpaired) electrons. The summed E-state index contributed by atoms with van der Waals surface area (Å²) in [6.45, 7) is 23.7. The average molecular weight is 1590 g/mol. The number of benzene rings is 14. The molecule has 16 aromatic rings. The van der Waals surface area contributed by atoms with Crippen LogP contribution in [-0.2, 0) is 21.7 Å². The summed E-state index contributed by atoms with van der Waals surface area (Å²) < 4.78 is 157. The monoisotopic (exact) mass is 1580 g/mol. The normalized spacial score (nSPS) is 13.6. The van der Waals surface area contributed by atoms with Crippen molar-refractivity contribution in [2.24, 2.45) is 0 Å². The molecular formula is C104H97Cl3N6O2. The van der Waals surface area contributed by atoms with Crippen LogP contribution in [0.1, 0.15) is 127 Å². The Hall–Kier alpha value is -12.2. The van der Waals surface area contributed by atoms with Crippen LogP contribution in [-0.4, -0.2) is 0 Å². The van der Waals surface area contributed by atoms with Crippen molar-refractivity contribution in [3.63, 3.8) is 0 Å². The standard InChI is InChI=1S/C52H48ClN3O.C28H29Cl2NO.C24H20N2/c1-51(2,3)37-30-31-49-45(32-37)48(36-57-49)56(42-26-17-10-18-27-42)47-34-38(52(4,5)6)33-46(50(47)53)55(41-24-15-9-16-25-41)44-29-19-28-43(35-44)54(39-20-11-7-12-21-39)40-22-13-8-14-23-40;1-27(2,3)18-12-13-25-21(14-18)24(17-32-25)31(20-10-8-7-9-11-20)23-16-19(28(4,5)6)15-22(29)26(23)30;1-4-11-20(12-5-1)25-21-13-10-18-24(19-21)26(22-14-6-2-7-15-22)23-16-8-3-9-17-23/h7-36H,1-6H3;7-17H,1-6H3;1-19,25H/i19D,28D,29D,30D,31D,32D,35D,36D;12D,13D,14D,17D;10D,13D,18D,19D. The van der Waals surface area contributed by atoms with E-state index in [4.69, 9.17) is 57.3 Å². The number of nitrogens with one attached hydrogen (secondary N) is 1. The molecule has 0 spiro atoms. The minimum atomic E-state index is -0.706. The SMILES string of the molecule is [2H]c1c([2H])c(Nc2ccccc2)c([2H])c(N(c2ccccc2)c2ccccc2)c1[2H].[2H]c1oc2c([2H])c([2H])c(C(C)(C)C)c([2H])c2c1N(c1ccccc1)c1cc(C(C)(C)C)cc(Cl)c1Cl.[2H]c1oc2c([2H])c([2H])c(C(C)(C)C)c([2H])c2c1N(c1ccccc1)c1cc(C(C)(C)C)cc(N(c2ccccc2)c2c([2H])c([2H])c([2H])c(N(c3ccccc3)c3ccccc3)c2[2H])c1Cl. The van der Waals surface area contributed by atoms with Crippen LogP contribution in [0, 0.1) is 0 Å². The van der Waals surface area contributed by atoms with Crippen molar-refractivity contribution in [2.75, 3.05) is 29.8 Å². The fraction of sp³-hybridized carbons (Fsp3) is 0.154. The number of nitrogens with zero attached hydrogens (tertiary/aromatic N) is 5. The lowest BCUT2D eigenvalue weighted by molar-refractivity contribution is 0.589. The van der Waals surface area contributed by atoms with Crippen molar-refractivity contribution >= 4 is 153 Å². The van der Waals surface area contributed by atoms with Gasteiger partial charge in [-0.25, -0.2) is 0 Å². The molecule has 0 saturated heterocycles. The van der Waals surface area contributed by atoms with Crippen molar-refractivity contribution in [3.05, 3.63) is 401 Å². The zero-order valence-corrected chi connectivity index (χ0v) is 68.4. The highest BCUT2D eigenvalue weighted by molar-refractivity contribution is 6.44. The van der Waals surface area contributed by atoms with Crippen LogP contribution in [0.3, 0.4) is 0 Å². The summed E-state index contributed by atoms with van der Waals surface area (Å²) in [5.74, 6) is 0. The molecule has 2 aromatic heterocycles. The van der Waals surface area contributed by atoms with Crippen LogP contribution in [0.5, 0.6) is 0 Å². The molecule has 0 aliphatic heterocycles. The van der Waals surface area contributed by atoms with Crippen molar-refractivity contribution in [2.45, 2.75) is 105 Å². The second-order valence-electron chi connectivity index (χ2n) is 31.6. The van der Waals surface area contributed by atoms with Crippen LogP contribution in [0.15, 0.2) is 373 Å². The fourth-order valence-corrected chi connectivity index (χ4v) is 13.6. The number of furan rings is 2. The van der Waals surface area contributed by atoms with Crippen LogP contribution < -0.4 is 29.8 Å². The number of hydrogen-bond acceptors (Lipinski definition) is 8. The molecule has 11 heteroatoms. The van der Waals surface area contributed by atoms with E-state index in [2.05, 4.69) is 26.1 Å². The highest BCUT2D eigenvalue weighted by Crippen LogP contribution is 2.53. The zero-order valence-electron chi connectivity index (χ0n) is 82.1. The quantitative estimate of drug-likeness (QED) is 0.0968. The van der Waals surface area contributed by atoms with E-state index in [-0.39, 0.29) is 158 Å². The molecule has 0 amide bonds. The van der Waals surface area contributed by atoms with Crippen LogP contribution >= 0.6 is 34.8 Å². The van der Waals surface area contributed by atoms with Gasteiger partial charge in [0.15, 0.2) is 0 Å². The third-order valence-electron chi connectivity index (χ3n) is 19.0. The summed E-state index contributed by atoms with van der Waals surface area (Å²) in [5.41, 5.74) is 7.97. The van der Waals surface area contributed by atoms with Gasteiger partial charge in [0.1, 0.15) is 26.4 Å². The van der Waals surface area contributed by atoms with Crippen molar-refractivity contribution in [3.8, 4) is 0 Å². The summed E-state index contributed by atoms with van der Waals surface area (Å²) >= 11 is 21.3. The van der Waals surface area contributed by atoms with Crippen molar-refractivity contribution < 1.29 is 30.8 Å². The largest absolute Gasteiger partial charge is 0.462 e. The smallest absolute Gasteiger partial charge is 0.136 e. The summed E-state index contributed by atoms with van der Waals surface area (Å²) in [7, 11) is 0. The number of para-hydroxylation sites is 8. The van der Waals surface area contributed by atoms with Crippen molar-refractivity contribution in [1.82, 2.24) is 0 Å². The van der Waals surface area contributed by atoms with Gasteiger partial charge in [0.25, 0.3) is 0 Å². The second kappa shape index (κ2) is 34.3. The Labute approximate surface area is 716 Å². The maximum absolute atomic E-state index is 10.1. The van der Waals surface area contributed by atoms with Crippen LogP contribution in [0.4, 0.5) is 96.7 Å². The van der Waals surface area contributed by atoms with Gasteiger partial charge in [-0.3, -0.25) is 0 Å². The molecule has 0 aliphatic carbocycles. The van der Waals surface area contributed by atoms with Gasteiger partial charge in [-0.1, -0.05) is 288 Å². The number of hydrogen-bond donors (Lipinski definition) is 1. The van der Waals surface area contributed by atoms with Crippen LogP contribution in [0.2, 0.25) is 15.1 Å². The van der Waals surface area contributed by atoms with Gasteiger partial charge in [0.05, 0.1) is 62.7 Å². The van der Waals surface area contributed by atoms with Gasteiger partial charge in [0.2, 0.25) is 0 Å². The third-order valence-corrected chi connectivity index (χ3v) is 20.2. The number of fused-ring (bicyclic) bond motifs is 2. The third kappa shape index (κ3) is 18.2. The van der Waals surface area contributed by atoms with Gasteiger partial charge < -0.3 is 38.7 Å². The highest BCUT2D eigenvalue weighted by Gasteiger charge is 2.31. The van der Waals surface area contributed by atoms with E-state index in [1.807, 2.05) is 329 Å². The predicted molar refractivity (Wildman–Crippen MR) is 492 cm³/mol. The summed E-state index contributed by atoms with van der Waals surface area (Å²) in [4.78, 5) is 8.76. The summed E-state index contributed by atoms with van der Waals surface area (Å²) in [6.07, 6.45) is -0.567. The van der Waals surface area contributed by atoms with Gasteiger partial charge in [-0.15, -0.1) is 0 Å². The number of rotatable bonds is 17. The lowest BCUT2D eigenvalue weighted by Gasteiger charge is -2.34. The Morgan fingerprint density at radius 3 is 0.930 bits per heavy atom. The first kappa shape index (κ1) is 61.4. The fourth-order valence-electron chi connectivity index (χ4n) is 12.9. The van der Waals surface area contributed by atoms with E-state index in [0.29, 0.717) is 77.7 Å². The molecule has 0 unspecified atom stereocenters. The Morgan fingerprint density at radius 1 is 0.270 bits per heavy atom. The number of halogens is 3. The molecule has 16 rings (SSSR count). The molecule has 0 aliphatic rings. The van der Waals surface area contributed by atoms with Crippen molar-refractivity contribution in [1.29, 1.82) is 0 Å². The average Bonchev–Trinajstić information content (AvgIpc) is 1.70. The van der Waals surface area contributed by atoms with E-state index in [0.717, 1.165) is 22.5 Å². The Bertz CT molecular complexity index is 6850. The first-order chi connectivity index (χ1) is 62.0. The Kier molecular flexibility index (Phi) is 18.3. The highest BCUT2D eigenvalue weighted by atomic mass is 35.5. The Morgan fingerprint density at radius 2 is 0.565 bits per heavy atom. The van der Waals surface area contributed by atoms with Crippen LogP contribution in [0.25, 0.3) is 21.9 Å². The minimum absolute atomic E-state index is 0.00226. The maximum atomic E-state index is 10.1. The molecule has 576 valence electrons. The predicted octanol–water partition coefficient (Wildman–Crippen LogP) is 32.8. The summed E-state index contributed by atoms with van der Waals surface area (Å²) in [5, 5.41) is 4.38. The topological polar surface area (TPSA) is 54.5 Å². The molecule has 115 heavy (non-hydrogen) atoms. The molecule has 0 bridgehead atoms. The van der Waals surface area contributed by atoms with E-state index in [1.165, 1.54) is 0 Å². The second-order valence-corrected chi connectivity index (χ2v) is 32.7. The lowest BCUT2D eigenvalue weighted by atomic mass is 9.85.